The van der Waals surface area contributed by atoms with Crippen LogP contribution in [0.1, 0.15) is 129 Å². The summed E-state index contributed by atoms with van der Waals surface area (Å²) in [5.41, 5.74) is 5.81. The van der Waals surface area contributed by atoms with Crippen molar-refractivity contribution in [2.75, 3.05) is 13.2 Å². The van der Waals surface area contributed by atoms with Crippen molar-refractivity contribution in [2.24, 2.45) is 5.73 Å². The maximum atomic E-state index is 11.9. The molecule has 5 heteroatoms. The first kappa shape index (κ1) is 28.9. The van der Waals surface area contributed by atoms with Crippen LogP contribution < -0.4 is 11.1 Å². The molecule has 30 heavy (non-hydrogen) atoms. The molecular weight excluding hydrogens is 376 g/mol. The summed E-state index contributed by atoms with van der Waals surface area (Å²) in [6.45, 7) is 5.07. The Morgan fingerprint density at radius 1 is 0.733 bits per heavy atom. The number of rotatable bonds is 22. The van der Waals surface area contributed by atoms with Crippen LogP contribution in [-0.2, 0) is 14.3 Å². The predicted octanol–water partition coefficient (Wildman–Crippen LogP) is 6.03. The lowest BCUT2D eigenvalue weighted by Crippen LogP contribution is -2.41. The zero-order valence-corrected chi connectivity index (χ0v) is 20.0. The van der Waals surface area contributed by atoms with E-state index in [1.165, 1.54) is 89.9 Å². The first-order valence-corrected chi connectivity index (χ1v) is 12.8. The Morgan fingerprint density at radius 3 is 1.60 bits per heavy atom. The summed E-state index contributed by atoms with van der Waals surface area (Å²) >= 11 is 0. The topological polar surface area (TPSA) is 81.4 Å². The highest BCUT2D eigenvalue weighted by atomic mass is 16.5. The van der Waals surface area contributed by atoms with E-state index >= 15 is 0 Å². The second-order valence-electron chi connectivity index (χ2n) is 8.54. The van der Waals surface area contributed by atoms with E-state index in [4.69, 9.17) is 10.5 Å². The van der Waals surface area contributed by atoms with Gasteiger partial charge in [-0.1, -0.05) is 103 Å². The molecule has 5 nitrogen and oxygen atoms in total. The van der Waals surface area contributed by atoms with Crippen LogP contribution in [0.15, 0.2) is 0 Å². The third-order valence-electron chi connectivity index (χ3n) is 5.63. The summed E-state index contributed by atoms with van der Waals surface area (Å²) in [4.78, 5) is 23.2. The van der Waals surface area contributed by atoms with Crippen LogP contribution >= 0.6 is 0 Å². The van der Waals surface area contributed by atoms with Gasteiger partial charge >= 0.3 is 5.97 Å². The lowest BCUT2D eigenvalue weighted by molar-refractivity contribution is -0.143. The van der Waals surface area contributed by atoms with E-state index in [2.05, 4.69) is 12.2 Å². The SMILES string of the molecule is CCCCCCCCCCCCCCCCCCNC(=O)C(N)CCC(=O)OCC. The number of ether oxygens (including phenoxy) is 1. The summed E-state index contributed by atoms with van der Waals surface area (Å²) in [6, 6.07) is -0.629. The molecule has 1 amide bonds. The zero-order valence-electron chi connectivity index (χ0n) is 20.0. The zero-order chi connectivity index (χ0) is 22.3. The number of unbranched alkanes of at least 4 members (excludes halogenated alkanes) is 15. The fraction of sp³-hybridized carbons (Fsp3) is 0.920. The Morgan fingerprint density at radius 2 is 1.17 bits per heavy atom. The van der Waals surface area contributed by atoms with Gasteiger partial charge < -0.3 is 15.8 Å². The smallest absolute Gasteiger partial charge is 0.305 e. The molecule has 178 valence electrons. The normalized spacial score (nSPS) is 12.0. The fourth-order valence-corrected chi connectivity index (χ4v) is 3.65. The van der Waals surface area contributed by atoms with Crippen molar-refractivity contribution in [3.63, 3.8) is 0 Å². The molecule has 0 aromatic rings. The summed E-state index contributed by atoms with van der Waals surface area (Å²) in [5.74, 6) is -0.459. The second-order valence-corrected chi connectivity index (χ2v) is 8.54. The number of esters is 1. The molecule has 0 rings (SSSR count). The molecule has 0 aromatic carbocycles. The van der Waals surface area contributed by atoms with E-state index in [0.717, 1.165) is 12.8 Å². The minimum Gasteiger partial charge on any atom is -0.466 e. The lowest BCUT2D eigenvalue weighted by atomic mass is 10.0. The average Bonchev–Trinajstić information content (AvgIpc) is 2.74. The summed E-state index contributed by atoms with van der Waals surface area (Å²) in [5, 5.41) is 2.87. The van der Waals surface area contributed by atoms with Gasteiger partial charge in [-0.25, -0.2) is 0 Å². The van der Waals surface area contributed by atoms with Gasteiger partial charge in [0.2, 0.25) is 5.91 Å². The number of hydrogen-bond donors (Lipinski definition) is 2. The van der Waals surface area contributed by atoms with Gasteiger partial charge in [-0.05, 0) is 19.8 Å². The third kappa shape index (κ3) is 20.2. The maximum absolute atomic E-state index is 11.9. The van der Waals surface area contributed by atoms with Gasteiger partial charge in [0.15, 0.2) is 0 Å². The number of amides is 1. The van der Waals surface area contributed by atoms with Crippen LogP contribution in [0.2, 0.25) is 0 Å². The molecule has 0 aliphatic carbocycles. The first-order chi connectivity index (χ1) is 14.6. The van der Waals surface area contributed by atoms with Crippen LogP contribution in [-0.4, -0.2) is 31.1 Å². The monoisotopic (exact) mass is 426 g/mol. The summed E-state index contributed by atoms with van der Waals surface area (Å²) < 4.78 is 4.84. The lowest BCUT2D eigenvalue weighted by Gasteiger charge is -2.11. The molecule has 0 saturated carbocycles. The maximum Gasteiger partial charge on any atom is 0.305 e. The van der Waals surface area contributed by atoms with E-state index < -0.39 is 6.04 Å². The Balaban J connectivity index is 3.28. The Labute approximate surface area is 186 Å². The van der Waals surface area contributed by atoms with Gasteiger partial charge in [0.05, 0.1) is 12.6 Å². The standard InChI is InChI=1S/C25H50N2O3/c1-3-5-6-7-8-9-10-11-12-13-14-15-16-17-18-19-22-27-25(29)23(26)20-21-24(28)30-4-2/h23H,3-22,26H2,1-2H3,(H,27,29). The highest BCUT2D eigenvalue weighted by Gasteiger charge is 2.14. The first-order valence-electron chi connectivity index (χ1n) is 12.8. The summed E-state index contributed by atoms with van der Waals surface area (Å²) in [7, 11) is 0. The quantitative estimate of drug-likeness (QED) is 0.163. The van der Waals surface area contributed by atoms with E-state index in [0.29, 0.717) is 19.6 Å². The Kier molecular flexibility index (Phi) is 21.8. The number of hydrogen-bond acceptors (Lipinski definition) is 4. The molecule has 0 aliphatic rings. The van der Waals surface area contributed by atoms with Crippen molar-refractivity contribution < 1.29 is 14.3 Å². The molecule has 3 N–H and O–H groups in total. The molecule has 0 heterocycles. The van der Waals surface area contributed by atoms with Crippen LogP contribution in [0.3, 0.4) is 0 Å². The number of carbonyl (C=O) groups is 2. The average molecular weight is 427 g/mol. The molecular formula is C25H50N2O3. The molecule has 0 bridgehead atoms. The minimum atomic E-state index is -0.629. The molecule has 0 aliphatic heterocycles. The molecule has 0 saturated heterocycles. The van der Waals surface area contributed by atoms with Crippen molar-refractivity contribution in [3.05, 3.63) is 0 Å². The summed E-state index contributed by atoms with van der Waals surface area (Å²) in [6.07, 6.45) is 22.0. The molecule has 0 fully saturated rings. The van der Waals surface area contributed by atoms with Crippen molar-refractivity contribution in [2.45, 2.75) is 135 Å². The Hall–Kier alpha value is -1.10. The van der Waals surface area contributed by atoms with Crippen molar-refractivity contribution in [1.29, 1.82) is 0 Å². The number of nitrogens with two attached hydrogens (primary N) is 1. The van der Waals surface area contributed by atoms with Crippen molar-refractivity contribution in [1.82, 2.24) is 5.32 Å². The van der Waals surface area contributed by atoms with Crippen LogP contribution in [0.4, 0.5) is 0 Å². The molecule has 1 unspecified atom stereocenters. The minimum absolute atomic E-state index is 0.166. The predicted molar refractivity (Wildman–Crippen MR) is 126 cm³/mol. The second kappa shape index (κ2) is 22.6. The highest BCUT2D eigenvalue weighted by molar-refractivity contribution is 5.82. The van der Waals surface area contributed by atoms with Gasteiger partial charge in [-0.2, -0.15) is 0 Å². The van der Waals surface area contributed by atoms with Crippen LogP contribution in [0, 0.1) is 0 Å². The van der Waals surface area contributed by atoms with E-state index in [1.807, 2.05) is 0 Å². The van der Waals surface area contributed by atoms with E-state index in [-0.39, 0.29) is 18.3 Å². The highest BCUT2D eigenvalue weighted by Crippen LogP contribution is 2.13. The molecule has 0 radical (unpaired) electrons. The van der Waals surface area contributed by atoms with Gasteiger partial charge in [-0.15, -0.1) is 0 Å². The third-order valence-corrected chi connectivity index (χ3v) is 5.63. The van der Waals surface area contributed by atoms with Gasteiger partial charge in [0, 0.05) is 13.0 Å². The van der Waals surface area contributed by atoms with E-state index in [9.17, 15) is 9.59 Å². The van der Waals surface area contributed by atoms with E-state index in [1.54, 1.807) is 6.92 Å². The fourth-order valence-electron chi connectivity index (χ4n) is 3.65. The van der Waals surface area contributed by atoms with Gasteiger partial charge in [0.1, 0.15) is 0 Å². The molecule has 0 spiro atoms. The molecule has 0 aromatic heterocycles. The van der Waals surface area contributed by atoms with Gasteiger partial charge in [0.25, 0.3) is 0 Å². The Bertz CT molecular complexity index is 402. The largest absolute Gasteiger partial charge is 0.466 e. The van der Waals surface area contributed by atoms with Crippen LogP contribution in [0.5, 0.6) is 0 Å². The number of carbonyl (C=O) groups excluding carboxylic acids is 2. The van der Waals surface area contributed by atoms with Crippen molar-refractivity contribution >= 4 is 11.9 Å². The van der Waals surface area contributed by atoms with Gasteiger partial charge in [-0.3, -0.25) is 9.59 Å². The van der Waals surface area contributed by atoms with Crippen LogP contribution in [0.25, 0.3) is 0 Å². The molecule has 1 atom stereocenters. The van der Waals surface area contributed by atoms with Crippen molar-refractivity contribution in [3.8, 4) is 0 Å². The number of nitrogens with one attached hydrogen (secondary N) is 1.